The van der Waals surface area contributed by atoms with Crippen molar-refractivity contribution < 1.29 is 4.43 Å². The van der Waals surface area contributed by atoms with Crippen LogP contribution in [-0.4, -0.2) is 65.8 Å². The van der Waals surface area contributed by atoms with E-state index in [1.807, 2.05) is 0 Å². The second-order valence-corrected chi connectivity index (χ2v) is 17.1. The monoisotopic (exact) mass is 386 g/mol. The molecule has 0 aromatic rings. The van der Waals surface area contributed by atoms with Crippen molar-refractivity contribution in [3.63, 3.8) is 0 Å². The van der Waals surface area contributed by atoms with E-state index in [0.29, 0.717) is 0 Å². The zero-order valence-electron chi connectivity index (χ0n) is 18.7. The third-order valence-corrected chi connectivity index (χ3v) is 15.0. The largest absolute Gasteiger partial charge is 0.419 e. The molecule has 0 aliphatic carbocycles. The molecule has 1 saturated heterocycles. The van der Waals surface area contributed by atoms with E-state index >= 15 is 0 Å². The van der Waals surface area contributed by atoms with Crippen LogP contribution in [-0.2, 0) is 4.43 Å². The molecule has 0 amide bonds. The standard InChI is InChI=1S/C20H46N2OSi2/c1-17(2)25(18(3)4,19(5)6)22-14-12-21(13-15-22)11-10-16-24-23-20(7,8)9/h17-19H,10-16,24H2,1-9H3. The van der Waals surface area contributed by atoms with Crippen molar-refractivity contribution in [2.75, 3.05) is 32.7 Å². The van der Waals surface area contributed by atoms with Crippen LogP contribution in [0.1, 0.15) is 68.7 Å². The Morgan fingerprint density at radius 3 is 1.76 bits per heavy atom. The van der Waals surface area contributed by atoms with E-state index < -0.39 is 8.24 Å². The van der Waals surface area contributed by atoms with Gasteiger partial charge in [-0.3, -0.25) is 0 Å². The van der Waals surface area contributed by atoms with E-state index in [1.54, 1.807) is 0 Å². The molecule has 1 heterocycles. The summed E-state index contributed by atoms with van der Waals surface area (Å²) in [4.78, 5) is 2.70. The molecule has 0 spiro atoms. The molecule has 1 fully saturated rings. The Kier molecular flexibility index (Phi) is 9.36. The van der Waals surface area contributed by atoms with Crippen molar-refractivity contribution in [2.24, 2.45) is 0 Å². The summed E-state index contributed by atoms with van der Waals surface area (Å²) in [5, 5.41) is 0. The van der Waals surface area contributed by atoms with Crippen LogP contribution in [0.25, 0.3) is 0 Å². The molecule has 5 heteroatoms. The van der Waals surface area contributed by atoms with Gasteiger partial charge in [0.05, 0.1) is 0 Å². The first-order chi connectivity index (χ1) is 11.5. The van der Waals surface area contributed by atoms with E-state index in [1.165, 1.54) is 45.2 Å². The van der Waals surface area contributed by atoms with Crippen LogP contribution in [0.4, 0.5) is 0 Å². The minimum Gasteiger partial charge on any atom is -0.419 e. The molecule has 0 N–H and O–H groups in total. The predicted octanol–water partition coefficient (Wildman–Crippen LogP) is 4.49. The van der Waals surface area contributed by atoms with Gasteiger partial charge in [0.1, 0.15) is 8.24 Å². The molecule has 0 aromatic heterocycles. The van der Waals surface area contributed by atoms with Gasteiger partial charge in [0.2, 0.25) is 0 Å². The lowest BCUT2D eigenvalue weighted by Gasteiger charge is -2.53. The van der Waals surface area contributed by atoms with Gasteiger partial charge in [0, 0.05) is 31.8 Å². The third kappa shape index (κ3) is 6.45. The summed E-state index contributed by atoms with van der Waals surface area (Å²) in [6.07, 6.45) is 1.32. The maximum absolute atomic E-state index is 5.98. The lowest BCUT2D eigenvalue weighted by molar-refractivity contribution is 0.136. The predicted molar refractivity (Wildman–Crippen MR) is 118 cm³/mol. The molecule has 0 aromatic carbocycles. The molecule has 1 aliphatic heterocycles. The molecule has 25 heavy (non-hydrogen) atoms. The summed E-state index contributed by atoms with van der Waals surface area (Å²) in [5.74, 6) is 0. The minimum absolute atomic E-state index is 0.0658. The molecular weight excluding hydrogens is 340 g/mol. The fourth-order valence-corrected chi connectivity index (χ4v) is 13.6. The van der Waals surface area contributed by atoms with Gasteiger partial charge < -0.3 is 13.9 Å². The second-order valence-electron chi connectivity index (χ2n) is 9.85. The van der Waals surface area contributed by atoms with Crippen LogP contribution in [0, 0.1) is 0 Å². The Morgan fingerprint density at radius 1 is 0.880 bits per heavy atom. The highest BCUT2D eigenvalue weighted by atomic mass is 28.3. The van der Waals surface area contributed by atoms with Gasteiger partial charge in [-0.05, 0) is 56.4 Å². The lowest BCUT2D eigenvalue weighted by Crippen LogP contribution is -2.65. The molecule has 0 saturated carbocycles. The first-order valence-corrected chi connectivity index (χ1v) is 14.4. The number of hydrogen-bond donors (Lipinski definition) is 0. The van der Waals surface area contributed by atoms with E-state index in [2.05, 4.69) is 71.8 Å². The number of piperazine rings is 1. The first kappa shape index (κ1) is 23.4. The van der Waals surface area contributed by atoms with Gasteiger partial charge in [-0.15, -0.1) is 0 Å². The van der Waals surface area contributed by atoms with Gasteiger partial charge in [-0.1, -0.05) is 41.5 Å². The van der Waals surface area contributed by atoms with Crippen LogP contribution >= 0.6 is 0 Å². The average molecular weight is 387 g/mol. The molecule has 0 radical (unpaired) electrons. The fourth-order valence-electron chi connectivity index (χ4n) is 5.27. The summed E-state index contributed by atoms with van der Waals surface area (Å²) >= 11 is 0. The summed E-state index contributed by atoms with van der Waals surface area (Å²) in [6.45, 7) is 27.8. The highest BCUT2D eigenvalue weighted by Crippen LogP contribution is 2.44. The van der Waals surface area contributed by atoms with Gasteiger partial charge in [0.25, 0.3) is 0 Å². The van der Waals surface area contributed by atoms with E-state index in [9.17, 15) is 0 Å². The number of nitrogens with zero attached hydrogens (tertiary/aromatic N) is 2. The SMILES string of the molecule is CC(C)[Si](C(C)C)(C(C)C)N1CCN(CCC[SiH2]OC(C)(C)C)CC1. The highest BCUT2D eigenvalue weighted by molar-refractivity contribution is 6.81. The van der Waals surface area contributed by atoms with Crippen molar-refractivity contribution >= 4 is 18.0 Å². The van der Waals surface area contributed by atoms with Gasteiger partial charge >= 0.3 is 0 Å². The molecule has 0 bridgehead atoms. The summed E-state index contributed by atoms with van der Waals surface area (Å²) in [5.41, 5.74) is 2.56. The van der Waals surface area contributed by atoms with Gasteiger partial charge in [-0.25, -0.2) is 0 Å². The average Bonchev–Trinajstić information content (AvgIpc) is 2.46. The smallest absolute Gasteiger partial charge is 0.162 e. The van der Waals surface area contributed by atoms with E-state index in [-0.39, 0.29) is 15.4 Å². The Hall–Kier alpha value is 0.314. The van der Waals surface area contributed by atoms with Crippen LogP contribution in [0.3, 0.4) is 0 Å². The lowest BCUT2D eigenvalue weighted by atomic mass is 10.2. The van der Waals surface area contributed by atoms with Gasteiger partial charge in [-0.2, -0.15) is 0 Å². The van der Waals surface area contributed by atoms with Crippen LogP contribution in [0.2, 0.25) is 22.7 Å². The van der Waals surface area contributed by atoms with E-state index in [4.69, 9.17) is 4.43 Å². The summed E-state index contributed by atoms with van der Waals surface area (Å²) < 4.78 is 8.94. The Bertz CT molecular complexity index is 351. The van der Waals surface area contributed by atoms with Crippen molar-refractivity contribution in [1.82, 2.24) is 9.47 Å². The molecule has 1 rings (SSSR count). The van der Waals surface area contributed by atoms with Crippen molar-refractivity contribution in [3.8, 4) is 0 Å². The van der Waals surface area contributed by atoms with Crippen LogP contribution < -0.4 is 0 Å². The molecule has 3 nitrogen and oxygen atoms in total. The van der Waals surface area contributed by atoms with E-state index in [0.717, 1.165) is 16.6 Å². The first-order valence-electron chi connectivity index (χ1n) is 10.6. The Morgan fingerprint density at radius 2 is 1.36 bits per heavy atom. The molecule has 0 unspecified atom stereocenters. The number of rotatable bonds is 9. The molecular formula is C20H46N2OSi2. The normalized spacial score (nSPS) is 19.2. The maximum atomic E-state index is 5.98. The number of hydrogen-bond acceptors (Lipinski definition) is 3. The van der Waals surface area contributed by atoms with Crippen LogP contribution in [0.5, 0.6) is 0 Å². The molecule has 150 valence electrons. The summed E-state index contributed by atoms with van der Waals surface area (Å²) in [6, 6.07) is 1.32. The Labute approximate surface area is 161 Å². The van der Waals surface area contributed by atoms with Crippen molar-refractivity contribution in [3.05, 3.63) is 0 Å². The van der Waals surface area contributed by atoms with Gasteiger partial charge in [0.15, 0.2) is 9.76 Å². The maximum Gasteiger partial charge on any atom is 0.162 e. The Balaban J connectivity index is 2.46. The zero-order chi connectivity index (χ0) is 19.3. The third-order valence-electron chi connectivity index (χ3n) is 6.10. The van der Waals surface area contributed by atoms with Crippen LogP contribution in [0.15, 0.2) is 0 Å². The topological polar surface area (TPSA) is 15.7 Å². The quantitative estimate of drug-likeness (QED) is 0.429. The molecule has 1 aliphatic rings. The zero-order valence-corrected chi connectivity index (χ0v) is 21.1. The minimum atomic E-state index is -1.43. The van der Waals surface area contributed by atoms with Crippen molar-refractivity contribution in [1.29, 1.82) is 0 Å². The van der Waals surface area contributed by atoms with Crippen molar-refractivity contribution in [2.45, 2.75) is 97.0 Å². The molecule has 0 atom stereocenters. The fraction of sp³-hybridized carbons (Fsp3) is 1.00. The highest BCUT2D eigenvalue weighted by Gasteiger charge is 2.48. The summed E-state index contributed by atoms with van der Waals surface area (Å²) in [7, 11) is -1.76. The second kappa shape index (κ2) is 10.0.